The third kappa shape index (κ3) is 4.76. The summed E-state index contributed by atoms with van der Waals surface area (Å²) in [5, 5.41) is 3.54. The standard InChI is InChI=1S/C16H17ClN2OS/c1-11(13-7-9-18-10-8-13)19-16(20)12(2)21-15-5-3-14(17)4-6-15/h3-12H,1-2H3,(H,19,20)/t11-,12-/m0/s1. The third-order valence-corrected chi connectivity index (χ3v) is 4.42. The lowest BCUT2D eigenvalue weighted by Gasteiger charge is -2.17. The number of carbonyl (C=O) groups is 1. The van der Waals surface area contributed by atoms with Crippen molar-refractivity contribution in [1.82, 2.24) is 10.3 Å². The molecule has 0 radical (unpaired) electrons. The van der Waals surface area contributed by atoms with Gasteiger partial charge in [-0.05, 0) is 55.8 Å². The minimum atomic E-state index is -0.171. The van der Waals surface area contributed by atoms with Gasteiger partial charge in [-0.15, -0.1) is 11.8 Å². The van der Waals surface area contributed by atoms with E-state index in [9.17, 15) is 4.79 Å². The van der Waals surface area contributed by atoms with Crippen molar-refractivity contribution >= 4 is 29.3 Å². The first kappa shape index (κ1) is 15.9. The van der Waals surface area contributed by atoms with E-state index in [0.29, 0.717) is 5.02 Å². The van der Waals surface area contributed by atoms with Crippen LogP contribution in [0.5, 0.6) is 0 Å². The van der Waals surface area contributed by atoms with Gasteiger partial charge in [0, 0.05) is 22.3 Å². The van der Waals surface area contributed by atoms with Crippen LogP contribution in [0.4, 0.5) is 0 Å². The molecule has 3 nitrogen and oxygen atoms in total. The summed E-state index contributed by atoms with van der Waals surface area (Å²) in [6, 6.07) is 11.3. The molecule has 1 N–H and O–H groups in total. The summed E-state index contributed by atoms with van der Waals surface area (Å²) in [5.74, 6) is 0.0132. The van der Waals surface area contributed by atoms with E-state index in [-0.39, 0.29) is 17.2 Å². The highest BCUT2D eigenvalue weighted by Crippen LogP contribution is 2.25. The predicted molar refractivity (Wildman–Crippen MR) is 87.6 cm³/mol. The van der Waals surface area contributed by atoms with Gasteiger partial charge in [0.1, 0.15) is 0 Å². The lowest BCUT2D eigenvalue weighted by Crippen LogP contribution is -2.33. The molecule has 1 aromatic carbocycles. The smallest absolute Gasteiger partial charge is 0.233 e. The fourth-order valence-corrected chi connectivity index (χ4v) is 2.84. The molecule has 0 saturated heterocycles. The molecule has 5 heteroatoms. The Morgan fingerprint density at radius 2 is 1.76 bits per heavy atom. The number of rotatable bonds is 5. The third-order valence-electron chi connectivity index (χ3n) is 3.06. The van der Waals surface area contributed by atoms with Crippen molar-refractivity contribution in [2.45, 2.75) is 30.0 Å². The molecule has 0 saturated carbocycles. The molecule has 0 aliphatic rings. The van der Waals surface area contributed by atoms with Gasteiger partial charge in [0.15, 0.2) is 0 Å². The Kier molecular flexibility index (Phi) is 5.65. The van der Waals surface area contributed by atoms with Gasteiger partial charge in [-0.1, -0.05) is 11.6 Å². The highest BCUT2D eigenvalue weighted by molar-refractivity contribution is 8.00. The Morgan fingerprint density at radius 3 is 2.38 bits per heavy atom. The second kappa shape index (κ2) is 7.48. The van der Waals surface area contributed by atoms with Crippen LogP contribution in [-0.2, 0) is 4.79 Å². The molecule has 2 aromatic rings. The zero-order chi connectivity index (χ0) is 15.2. The van der Waals surface area contributed by atoms with Crippen LogP contribution in [-0.4, -0.2) is 16.1 Å². The maximum Gasteiger partial charge on any atom is 0.233 e. The van der Waals surface area contributed by atoms with E-state index < -0.39 is 0 Å². The quantitative estimate of drug-likeness (QED) is 0.844. The average Bonchev–Trinajstić information content (AvgIpc) is 2.50. The van der Waals surface area contributed by atoms with E-state index in [0.717, 1.165) is 10.5 Å². The summed E-state index contributed by atoms with van der Waals surface area (Å²) < 4.78 is 0. The number of benzene rings is 1. The normalized spacial score (nSPS) is 13.5. The first-order valence-electron chi connectivity index (χ1n) is 6.69. The topological polar surface area (TPSA) is 42.0 Å². The van der Waals surface area contributed by atoms with Gasteiger partial charge in [0.2, 0.25) is 5.91 Å². The van der Waals surface area contributed by atoms with Gasteiger partial charge >= 0.3 is 0 Å². The Bertz CT molecular complexity index is 589. The number of amides is 1. The summed E-state index contributed by atoms with van der Waals surface area (Å²) in [5.41, 5.74) is 1.04. The molecule has 110 valence electrons. The highest BCUT2D eigenvalue weighted by Gasteiger charge is 2.17. The van der Waals surface area contributed by atoms with Crippen molar-refractivity contribution in [1.29, 1.82) is 0 Å². The molecule has 2 atom stereocenters. The molecule has 1 amide bonds. The van der Waals surface area contributed by atoms with Crippen LogP contribution < -0.4 is 5.32 Å². The minimum Gasteiger partial charge on any atom is -0.349 e. The maximum atomic E-state index is 12.2. The average molecular weight is 321 g/mol. The molecule has 2 rings (SSSR count). The molecule has 21 heavy (non-hydrogen) atoms. The van der Waals surface area contributed by atoms with Crippen LogP contribution >= 0.6 is 23.4 Å². The molecule has 1 heterocycles. The maximum absolute atomic E-state index is 12.2. The van der Waals surface area contributed by atoms with Crippen molar-refractivity contribution in [3.05, 3.63) is 59.4 Å². The predicted octanol–water partition coefficient (Wildman–Crippen LogP) is 4.09. The number of hydrogen-bond acceptors (Lipinski definition) is 3. The van der Waals surface area contributed by atoms with Gasteiger partial charge in [-0.25, -0.2) is 0 Å². The molecular formula is C16H17ClN2OS. The number of carbonyl (C=O) groups excluding carboxylic acids is 1. The van der Waals surface area contributed by atoms with Crippen LogP contribution in [0.2, 0.25) is 5.02 Å². The number of nitrogens with zero attached hydrogens (tertiary/aromatic N) is 1. The number of pyridine rings is 1. The lowest BCUT2D eigenvalue weighted by atomic mass is 10.1. The molecule has 0 fully saturated rings. The van der Waals surface area contributed by atoms with E-state index >= 15 is 0 Å². The summed E-state index contributed by atoms with van der Waals surface area (Å²) >= 11 is 7.37. The second-order valence-electron chi connectivity index (χ2n) is 4.72. The van der Waals surface area contributed by atoms with E-state index in [2.05, 4.69) is 10.3 Å². The molecule has 1 aromatic heterocycles. The Labute approximate surface area is 134 Å². The van der Waals surface area contributed by atoms with Crippen molar-refractivity contribution < 1.29 is 4.79 Å². The van der Waals surface area contributed by atoms with Crippen molar-refractivity contribution in [3.8, 4) is 0 Å². The monoisotopic (exact) mass is 320 g/mol. The van der Waals surface area contributed by atoms with Crippen LogP contribution in [0.3, 0.4) is 0 Å². The highest BCUT2D eigenvalue weighted by atomic mass is 35.5. The summed E-state index contributed by atoms with van der Waals surface area (Å²) in [6.45, 7) is 3.86. The Balaban J connectivity index is 1.92. The molecular weight excluding hydrogens is 304 g/mol. The van der Waals surface area contributed by atoms with Crippen molar-refractivity contribution in [3.63, 3.8) is 0 Å². The van der Waals surface area contributed by atoms with E-state index in [1.807, 2.05) is 50.2 Å². The first-order chi connectivity index (χ1) is 10.1. The fraction of sp³-hybridized carbons (Fsp3) is 0.250. The van der Waals surface area contributed by atoms with E-state index in [4.69, 9.17) is 11.6 Å². The SMILES string of the molecule is C[C@H](Sc1ccc(Cl)cc1)C(=O)N[C@@H](C)c1ccncc1. The molecule has 0 aliphatic carbocycles. The summed E-state index contributed by atoms with van der Waals surface area (Å²) in [7, 11) is 0. The number of hydrogen-bond donors (Lipinski definition) is 1. The number of nitrogens with one attached hydrogen (secondary N) is 1. The van der Waals surface area contributed by atoms with Crippen LogP contribution in [0.1, 0.15) is 25.5 Å². The van der Waals surface area contributed by atoms with Crippen LogP contribution in [0.15, 0.2) is 53.7 Å². The fourth-order valence-electron chi connectivity index (χ4n) is 1.84. The van der Waals surface area contributed by atoms with E-state index in [1.165, 1.54) is 11.8 Å². The van der Waals surface area contributed by atoms with Gasteiger partial charge in [0.25, 0.3) is 0 Å². The number of thioether (sulfide) groups is 1. The van der Waals surface area contributed by atoms with Gasteiger partial charge in [-0.3, -0.25) is 9.78 Å². The summed E-state index contributed by atoms with van der Waals surface area (Å²) in [6.07, 6.45) is 3.45. The van der Waals surface area contributed by atoms with Gasteiger partial charge < -0.3 is 5.32 Å². The van der Waals surface area contributed by atoms with Crippen LogP contribution in [0, 0.1) is 0 Å². The molecule has 0 unspecified atom stereocenters. The van der Waals surface area contributed by atoms with Crippen molar-refractivity contribution in [2.75, 3.05) is 0 Å². The second-order valence-corrected chi connectivity index (χ2v) is 6.58. The first-order valence-corrected chi connectivity index (χ1v) is 7.94. The Hall–Kier alpha value is -1.52. The van der Waals surface area contributed by atoms with Gasteiger partial charge in [0.05, 0.1) is 11.3 Å². The van der Waals surface area contributed by atoms with Crippen molar-refractivity contribution in [2.24, 2.45) is 0 Å². The number of halogens is 1. The van der Waals surface area contributed by atoms with E-state index in [1.54, 1.807) is 12.4 Å². The summed E-state index contributed by atoms with van der Waals surface area (Å²) in [4.78, 5) is 17.2. The largest absolute Gasteiger partial charge is 0.349 e. The minimum absolute atomic E-state index is 0.0132. The number of aromatic nitrogens is 1. The Morgan fingerprint density at radius 1 is 1.14 bits per heavy atom. The molecule has 0 aliphatic heterocycles. The zero-order valence-electron chi connectivity index (χ0n) is 11.9. The lowest BCUT2D eigenvalue weighted by molar-refractivity contribution is -0.120. The van der Waals surface area contributed by atoms with Gasteiger partial charge in [-0.2, -0.15) is 0 Å². The van der Waals surface area contributed by atoms with Crippen LogP contribution in [0.25, 0.3) is 0 Å². The molecule has 0 spiro atoms. The molecule has 0 bridgehead atoms. The zero-order valence-corrected chi connectivity index (χ0v) is 13.5.